The minimum absolute atomic E-state index is 0. The van der Waals surface area contributed by atoms with Crippen LogP contribution in [0.1, 0.15) is 39.5 Å². The van der Waals surface area contributed by atoms with E-state index in [9.17, 15) is 4.79 Å². The maximum Gasteiger partial charge on any atom is 0.409 e. The van der Waals surface area contributed by atoms with Crippen molar-refractivity contribution in [2.45, 2.75) is 51.7 Å². The number of piperazine rings is 1. The number of amides is 1. The molecule has 2 heterocycles. The quantitative estimate of drug-likeness (QED) is 0.372. The van der Waals surface area contributed by atoms with Crippen LogP contribution in [0, 0.1) is 11.3 Å². The molecule has 4 rings (SSSR count). The van der Waals surface area contributed by atoms with Gasteiger partial charge in [-0.2, -0.15) is 0 Å². The van der Waals surface area contributed by atoms with Crippen LogP contribution in [0.15, 0.2) is 4.99 Å². The Morgan fingerprint density at radius 2 is 1.93 bits per heavy atom. The number of halogens is 1. The van der Waals surface area contributed by atoms with Gasteiger partial charge in [-0.1, -0.05) is 6.42 Å². The van der Waals surface area contributed by atoms with Crippen molar-refractivity contribution in [2.24, 2.45) is 16.3 Å². The van der Waals surface area contributed by atoms with Gasteiger partial charge in [-0.05, 0) is 33.1 Å². The van der Waals surface area contributed by atoms with E-state index in [0.29, 0.717) is 43.2 Å². The van der Waals surface area contributed by atoms with E-state index < -0.39 is 0 Å². The number of carbonyl (C=O) groups is 1. The van der Waals surface area contributed by atoms with Crippen LogP contribution < -0.4 is 5.32 Å². The average Bonchev–Trinajstić information content (AvgIpc) is 3.02. The first-order valence-electron chi connectivity index (χ1n) is 10.3. The van der Waals surface area contributed by atoms with Crippen LogP contribution in [-0.4, -0.2) is 79.9 Å². The highest BCUT2D eigenvalue weighted by atomic mass is 127. The van der Waals surface area contributed by atoms with E-state index in [1.165, 1.54) is 25.7 Å². The molecule has 0 aromatic carbocycles. The summed E-state index contributed by atoms with van der Waals surface area (Å²) in [6.45, 7) is 9.01. The highest BCUT2D eigenvalue weighted by Crippen LogP contribution is 2.62. The van der Waals surface area contributed by atoms with Gasteiger partial charge in [-0.25, -0.2) is 4.79 Å². The second-order valence-corrected chi connectivity index (χ2v) is 7.92. The summed E-state index contributed by atoms with van der Waals surface area (Å²) in [5.41, 5.74) is 0.350. The Balaban J connectivity index is 0.00000210. The van der Waals surface area contributed by atoms with Crippen LogP contribution in [0.25, 0.3) is 0 Å². The lowest BCUT2D eigenvalue weighted by atomic mass is 9.46. The van der Waals surface area contributed by atoms with Gasteiger partial charge in [0.2, 0.25) is 0 Å². The van der Waals surface area contributed by atoms with E-state index in [1.807, 2.05) is 6.92 Å². The molecule has 0 aromatic heterocycles. The zero-order valence-corrected chi connectivity index (χ0v) is 18.8. The lowest BCUT2D eigenvalue weighted by molar-refractivity contribution is -0.171. The summed E-state index contributed by atoms with van der Waals surface area (Å²) in [5, 5.41) is 3.82. The molecule has 7 nitrogen and oxygen atoms in total. The van der Waals surface area contributed by atoms with Crippen LogP contribution in [0.2, 0.25) is 0 Å². The largest absolute Gasteiger partial charge is 0.450 e. The molecule has 8 heteroatoms. The van der Waals surface area contributed by atoms with Crippen molar-refractivity contribution in [3.8, 4) is 0 Å². The smallest absolute Gasteiger partial charge is 0.409 e. The number of ether oxygens (including phenoxy) is 2. The zero-order chi connectivity index (χ0) is 18.1. The molecular weight excluding hydrogens is 459 g/mol. The molecule has 154 valence electrons. The van der Waals surface area contributed by atoms with E-state index in [0.717, 1.165) is 32.2 Å². The number of nitrogens with zero attached hydrogens (tertiary/aromatic N) is 3. The molecule has 1 spiro atoms. The number of nitrogens with one attached hydrogen (secondary N) is 1. The molecule has 2 saturated heterocycles. The molecule has 0 bridgehead atoms. The molecule has 1 amide bonds. The van der Waals surface area contributed by atoms with Crippen molar-refractivity contribution in [3.05, 3.63) is 0 Å². The monoisotopic (exact) mass is 492 g/mol. The maximum absolute atomic E-state index is 11.9. The fourth-order valence-electron chi connectivity index (χ4n) is 5.30. The third-order valence-electron chi connectivity index (χ3n) is 6.73. The fourth-order valence-corrected chi connectivity index (χ4v) is 5.30. The Labute approximate surface area is 179 Å². The summed E-state index contributed by atoms with van der Waals surface area (Å²) in [7, 11) is 0. The predicted octanol–water partition coefficient (Wildman–Crippen LogP) is 2.30. The molecule has 2 aliphatic heterocycles. The van der Waals surface area contributed by atoms with Gasteiger partial charge in [0.15, 0.2) is 5.96 Å². The number of aliphatic imine (C=N–C) groups is 1. The van der Waals surface area contributed by atoms with E-state index >= 15 is 0 Å². The first-order chi connectivity index (χ1) is 12.7. The number of fused-ring (bicyclic) bond motifs is 2. The normalized spacial score (nSPS) is 31.5. The number of hydrogen-bond acceptors (Lipinski definition) is 4. The van der Waals surface area contributed by atoms with E-state index in [-0.39, 0.29) is 30.1 Å². The number of rotatable bonds is 3. The number of hydrogen-bond donors (Lipinski definition) is 1. The van der Waals surface area contributed by atoms with Gasteiger partial charge in [-0.3, -0.25) is 4.99 Å². The summed E-state index contributed by atoms with van der Waals surface area (Å²) in [6.07, 6.45) is 5.32. The predicted molar refractivity (Wildman–Crippen MR) is 115 cm³/mol. The first kappa shape index (κ1) is 21.0. The lowest BCUT2D eigenvalue weighted by Crippen LogP contribution is -2.73. The molecule has 0 radical (unpaired) electrons. The minimum Gasteiger partial charge on any atom is -0.450 e. The van der Waals surface area contributed by atoms with Crippen LogP contribution >= 0.6 is 24.0 Å². The summed E-state index contributed by atoms with van der Waals surface area (Å²) in [4.78, 5) is 20.8. The van der Waals surface area contributed by atoms with Gasteiger partial charge in [0, 0.05) is 56.7 Å². The molecule has 0 aromatic rings. The Morgan fingerprint density at radius 1 is 1.22 bits per heavy atom. The third-order valence-corrected chi connectivity index (χ3v) is 6.73. The number of carbonyl (C=O) groups excluding carboxylic acids is 1. The van der Waals surface area contributed by atoms with Crippen molar-refractivity contribution in [3.63, 3.8) is 0 Å². The highest BCUT2D eigenvalue weighted by Gasteiger charge is 2.66. The second-order valence-electron chi connectivity index (χ2n) is 7.92. The van der Waals surface area contributed by atoms with E-state index in [4.69, 9.17) is 14.5 Å². The van der Waals surface area contributed by atoms with Gasteiger partial charge in [-0.15, -0.1) is 24.0 Å². The standard InChI is InChI=1S/C19H32N4O3.HI/c1-3-20-17(22-9-11-23(12-10-22)18(24)25-4-2)21-15-14-6-13-26-16(14)19(15)7-5-8-19;/h14-16H,3-13H2,1-2H3,(H,20,21);1H. The third kappa shape index (κ3) is 3.63. The van der Waals surface area contributed by atoms with Crippen molar-refractivity contribution >= 4 is 36.0 Å². The number of guanidine groups is 1. The van der Waals surface area contributed by atoms with Crippen LogP contribution in [0.3, 0.4) is 0 Å². The second kappa shape index (κ2) is 8.71. The molecule has 4 fully saturated rings. The molecule has 3 atom stereocenters. The fraction of sp³-hybridized carbons (Fsp3) is 0.895. The topological polar surface area (TPSA) is 66.4 Å². The van der Waals surface area contributed by atoms with Crippen molar-refractivity contribution in [2.75, 3.05) is 45.9 Å². The Hall–Kier alpha value is -0.770. The first-order valence-corrected chi connectivity index (χ1v) is 10.3. The summed E-state index contributed by atoms with van der Waals surface area (Å²) in [5.74, 6) is 1.65. The molecule has 2 aliphatic carbocycles. The SMILES string of the molecule is CCN=C(NC1C2CCOC2C12CCC2)N1CCN(C(=O)OCC)CC1.I. The lowest BCUT2D eigenvalue weighted by Gasteiger charge is -2.63. The molecular formula is C19H33IN4O3. The molecule has 4 aliphatic rings. The van der Waals surface area contributed by atoms with Crippen LogP contribution in [0.5, 0.6) is 0 Å². The van der Waals surface area contributed by atoms with Crippen LogP contribution in [0.4, 0.5) is 4.79 Å². The zero-order valence-electron chi connectivity index (χ0n) is 16.5. The van der Waals surface area contributed by atoms with E-state index in [1.54, 1.807) is 4.90 Å². The van der Waals surface area contributed by atoms with Crippen molar-refractivity contribution < 1.29 is 14.3 Å². The summed E-state index contributed by atoms with van der Waals surface area (Å²) < 4.78 is 11.2. The molecule has 3 unspecified atom stereocenters. The summed E-state index contributed by atoms with van der Waals surface area (Å²) in [6, 6.07) is 0.497. The van der Waals surface area contributed by atoms with E-state index in [2.05, 4.69) is 17.1 Å². The Morgan fingerprint density at radius 3 is 2.52 bits per heavy atom. The average molecular weight is 492 g/mol. The molecule has 27 heavy (non-hydrogen) atoms. The van der Waals surface area contributed by atoms with Gasteiger partial charge >= 0.3 is 6.09 Å². The van der Waals surface area contributed by atoms with Gasteiger partial charge in [0.05, 0.1) is 12.7 Å². The Bertz CT molecular complexity index is 561. The molecule has 1 N–H and O–H groups in total. The van der Waals surface area contributed by atoms with Gasteiger partial charge in [0.1, 0.15) is 0 Å². The van der Waals surface area contributed by atoms with Gasteiger partial charge < -0.3 is 24.6 Å². The maximum atomic E-state index is 11.9. The minimum atomic E-state index is -0.201. The van der Waals surface area contributed by atoms with Gasteiger partial charge in [0.25, 0.3) is 0 Å². The summed E-state index contributed by atoms with van der Waals surface area (Å²) >= 11 is 0. The Kier molecular flexibility index (Phi) is 6.76. The van der Waals surface area contributed by atoms with Crippen molar-refractivity contribution in [1.29, 1.82) is 0 Å². The highest BCUT2D eigenvalue weighted by molar-refractivity contribution is 14.0. The van der Waals surface area contributed by atoms with Crippen molar-refractivity contribution in [1.82, 2.24) is 15.1 Å². The van der Waals surface area contributed by atoms with Crippen LogP contribution in [-0.2, 0) is 9.47 Å². The molecule has 2 saturated carbocycles.